The molecule has 1 amide bonds. The Hall–Kier alpha value is -2.90. The van der Waals surface area contributed by atoms with Crippen molar-refractivity contribution < 1.29 is 19.1 Å². The highest BCUT2D eigenvalue weighted by Gasteiger charge is 2.07. The van der Waals surface area contributed by atoms with Gasteiger partial charge in [-0.2, -0.15) is 0 Å². The normalized spacial score (nSPS) is 10.9. The fourth-order valence-electron chi connectivity index (χ4n) is 1.56. The highest BCUT2D eigenvalue weighted by Crippen LogP contribution is 2.07. The third-order valence-corrected chi connectivity index (χ3v) is 2.56. The van der Waals surface area contributed by atoms with E-state index < -0.39 is 5.97 Å². The fourth-order valence-corrected chi connectivity index (χ4v) is 1.56. The van der Waals surface area contributed by atoms with E-state index in [1.165, 1.54) is 17.0 Å². The monoisotopic (exact) mass is 290 g/mol. The molecule has 0 aliphatic rings. The third kappa shape index (κ3) is 4.30. The van der Waals surface area contributed by atoms with Crippen LogP contribution in [0.25, 0.3) is 6.08 Å². The van der Waals surface area contributed by atoms with Crippen molar-refractivity contribution in [2.45, 2.75) is 13.5 Å². The Labute approximate surface area is 120 Å². The molecule has 0 spiro atoms. The standard InChI is InChI=1S/C13H14N4O4/c1-9-2-3-10(21-9)4-5-12(18)14-6-7-17-8-11(13(19)20)15-16-17/h2-5,8H,6-7H2,1H3,(H,14,18)(H,19,20). The van der Waals surface area contributed by atoms with Gasteiger partial charge >= 0.3 is 5.97 Å². The summed E-state index contributed by atoms with van der Waals surface area (Å²) in [6.45, 7) is 2.46. The van der Waals surface area contributed by atoms with Crippen LogP contribution in [-0.2, 0) is 11.3 Å². The van der Waals surface area contributed by atoms with Crippen molar-refractivity contribution in [1.82, 2.24) is 20.3 Å². The molecule has 8 heteroatoms. The minimum Gasteiger partial charge on any atom is -0.476 e. The molecule has 2 rings (SSSR count). The molecule has 2 aromatic heterocycles. The van der Waals surface area contributed by atoms with E-state index >= 15 is 0 Å². The average Bonchev–Trinajstić information content (AvgIpc) is 3.05. The van der Waals surface area contributed by atoms with Gasteiger partial charge in [0, 0.05) is 12.6 Å². The van der Waals surface area contributed by atoms with Gasteiger partial charge in [0.05, 0.1) is 12.7 Å². The maximum atomic E-state index is 11.5. The van der Waals surface area contributed by atoms with Crippen molar-refractivity contribution in [2.24, 2.45) is 0 Å². The molecule has 0 bridgehead atoms. The van der Waals surface area contributed by atoms with Gasteiger partial charge in [0.15, 0.2) is 5.69 Å². The lowest BCUT2D eigenvalue weighted by Crippen LogP contribution is -2.25. The van der Waals surface area contributed by atoms with Crippen LogP contribution in [0.15, 0.2) is 28.8 Å². The van der Waals surface area contributed by atoms with Crippen molar-refractivity contribution in [3.63, 3.8) is 0 Å². The predicted molar refractivity (Wildman–Crippen MR) is 72.5 cm³/mol. The summed E-state index contributed by atoms with van der Waals surface area (Å²) in [6.07, 6.45) is 4.23. The maximum absolute atomic E-state index is 11.5. The van der Waals surface area contributed by atoms with E-state index in [-0.39, 0.29) is 11.6 Å². The van der Waals surface area contributed by atoms with Gasteiger partial charge in [0.25, 0.3) is 0 Å². The van der Waals surface area contributed by atoms with Gasteiger partial charge in [-0.25, -0.2) is 9.48 Å². The topological polar surface area (TPSA) is 110 Å². The van der Waals surface area contributed by atoms with E-state index in [2.05, 4.69) is 15.6 Å². The molecule has 2 aromatic rings. The number of hydrogen-bond donors (Lipinski definition) is 2. The van der Waals surface area contributed by atoms with Crippen LogP contribution in [0.3, 0.4) is 0 Å². The zero-order chi connectivity index (χ0) is 15.2. The van der Waals surface area contributed by atoms with Gasteiger partial charge < -0.3 is 14.8 Å². The quantitative estimate of drug-likeness (QED) is 0.758. The van der Waals surface area contributed by atoms with Gasteiger partial charge in [-0.3, -0.25) is 4.79 Å². The zero-order valence-corrected chi connectivity index (χ0v) is 11.3. The summed E-state index contributed by atoms with van der Waals surface area (Å²) in [5.41, 5.74) is -0.130. The highest BCUT2D eigenvalue weighted by molar-refractivity contribution is 5.91. The van der Waals surface area contributed by atoms with Gasteiger partial charge in [0.1, 0.15) is 11.5 Å². The Morgan fingerprint density at radius 1 is 1.48 bits per heavy atom. The number of carboxylic acid groups (broad SMARTS) is 1. The molecule has 2 heterocycles. The minimum absolute atomic E-state index is 0.130. The molecule has 0 saturated carbocycles. The lowest BCUT2D eigenvalue weighted by atomic mass is 10.4. The second kappa shape index (κ2) is 6.51. The summed E-state index contributed by atoms with van der Waals surface area (Å²) in [4.78, 5) is 22.2. The molecular weight excluding hydrogens is 276 g/mol. The van der Waals surface area contributed by atoms with Crippen molar-refractivity contribution >= 4 is 18.0 Å². The SMILES string of the molecule is Cc1ccc(C=CC(=O)NCCn2cc(C(=O)O)nn2)o1. The second-order valence-electron chi connectivity index (χ2n) is 4.24. The van der Waals surface area contributed by atoms with E-state index in [1.54, 1.807) is 12.1 Å². The lowest BCUT2D eigenvalue weighted by molar-refractivity contribution is -0.116. The zero-order valence-electron chi connectivity index (χ0n) is 11.3. The number of amides is 1. The number of aryl methyl sites for hydroxylation is 1. The molecular formula is C13H14N4O4. The third-order valence-electron chi connectivity index (χ3n) is 2.56. The molecule has 21 heavy (non-hydrogen) atoms. The van der Waals surface area contributed by atoms with Crippen molar-refractivity contribution in [1.29, 1.82) is 0 Å². The van der Waals surface area contributed by atoms with Crippen LogP contribution >= 0.6 is 0 Å². The summed E-state index contributed by atoms with van der Waals surface area (Å²) in [6, 6.07) is 3.57. The summed E-state index contributed by atoms with van der Waals surface area (Å²) >= 11 is 0. The summed E-state index contributed by atoms with van der Waals surface area (Å²) in [7, 11) is 0. The number of nitrogens with zero attached hydrogens (tertiary/aromatic N) is 3. The first-order valence-corrected chi connectivity index (χ1v) is 6.20. The molecule has 0 unspecified atom stereocenters. The van der Waals surface area contributed by atoms with Crippen molar-refractivity contribution in [3.8, 4) is 0 Å². The van der Waals surface area contributed by atoms with E-state index in [0.717, 1.165) is 5.76 Å². The van der Waals surface area contributed by atoms with Crippen LogP contribution in [0.4, 0.5) is 0 Å². The molecule has 0 aliphatic heterocycles. The number of carbonyl (C=O) groups excluding carboxylic acids is 1. The number of carbonyl (C=O) groups is 2. The Morgan fingerprint density at radius 2 is 2.29 bits per heavy atom. The number of furan rings is 1. The Balaban J connectivity index is 1.76. The summed E-state index contributed by atoms with van der Waals surface area (Å²) < 4.78 is 6.64. The molecule has 110 valence electrons. The summed E-state index contributed by atoms with van der Waals surface area (Å²) in [5.74, 6) is -0.0370. The Morgan fingerprint density at radius 3 is 2.90 bits per heavy atom. The Bertz CT molecular complexity index is 671. The van der Waals surface area contributed by atoms with Crippen LogP contribution in [-0.4, -0.2) is 38.5 Å². The maximum Gasteiger partial charge on any atom is 0.358 e. The van der Waals surface area contributed by atoms with Gasteiger partial charge in [-0.1, -0.05) is 5.21 Å². The van der Waals surface area contributed by atoms with Crippen molar-refractivity contribution in [3.05, 3.63) is 41.6 Å². The summed E-state index contributed by atoms with van der Waals surface area (Å²) in [5, 5.41) is 18.4. The fraction of sp³-hybridized carbons (Fsp3) is 0.231. The van der Waals surface area contributed by atoms with Crippen LogP contribution in [0.1, 0.15) is 22.0 Å². The first-order valence-electron chi connectivity index (χ1n) is 6.20. The van der Waals surface area contributed by atoms with Crippen molar-refractivity contribution in [2.75, 3.05) is 6.54 Å². The number of aromatic nitrogens is 3. The van der Waals surface area contributed by atoms with Crippen LogP contribution in [0, 0.1) is 6.92 Å². The minimum atomic E-state index is -1.14. The number of carboxylic acids is 1. The largest absolute Gasteiger partial charge is 0.476 e. The first-order chi connectivity index (χ1) is 10.0. The van der Waals surface area contributed by atoms with E-state index in [0.29, 0.717) is 18.8 Å². The van der Waals surface area contributed by atoms with Crippen LogP contribution < -0.4 is 5.32 Å². The molecule has 0 atom stereocenters. The number of hydrogen-bond acceptors (Lipinski definition) is 5. The van der Waals surface area contributed by atoms with E-state index in [1.807, 2.05) is 13.0 Å². The molecule has 8 nitrogen and oxygen atoms in total. The smallest absolute Gasteiger partial charge is 0.358 e. The van der Waals surface area contributed by atoms with Crippen LogP contribution in [0.5, 0.6) is 0 Å². The molecule has 0 saturated heterocycles. The van der Waals surface area contributed by atoms with Gasteiger partial charge in [-0.15, -0.1) is 5.10 Å². The molecule has 0 radical (unpaired) electrons. The lowest BCUT2D eigenvalue weighted by Gasteiger charge is -2.01. The molecule has 0 aromatic carbocycles. The van der Waals surface area contributed by atoms with E-state index in [4.69, 9.17) is 9.52 Å². The second-order valence-corrected chi connectivity index (χ2v) is 4.24. The predicted octanol–water partition coefficient (Wildman–Crippen LogP) is 0.707. The van der Waals surface area contributed by atoms with Crippen LogP contribution in [0.2, 0.25) is 0 Å². The van der Waals surface area contributed by atoms with E-state index in [9.17, 15) is 9.59 Å². The Kier molecular flexibility index (Phi) is 4.50. The first kappa shape index (κ1) is 14.5. The number of rotatable bonds is 6. The number of nitrogens with one attached hydrogen (secondary N) is 1. The van der Waals surface area contributed by atoms with Gasteiger partial charge in [-0.05, 0) is 25.1 Å². The van der Waals surface area contributed by atoms with Gasteiger partial charge in [0.2, 0.25) is 5.91 Å². The molecule has 0 fully saturated rings. The molecule has 2 N–H and O–H groups in total. The average molecular weight is 290 g/mol. The highest BCUT2D eigenvalue weighted by atomic mass is 16.4. The molecule has 0 aliphatic carbocycles. The number of aromatic carboxylic acids is 1.